The summed E-state index contributed by atoms with van der Waals surface area (Å²) in [7, 11) is -4.63. The van der Waals surface area contributed by atoms with Gasteiger partial charge >= 0.3 is 19.8 Å². The van der Waals surface area contributed by atoms with Gasteiger partial charge in [0.15, 0.2) is 6.10 Å². The Morgan fingerprint density at radius 3 is 1.46 bits per heavy atom. The second-order valence-electron chi connectivity index (χ2n) is 14.3. The number of aliphatic hydroxyl groups excluding tert-OH is 2. The molecule has 0 saturated carbocycles. The number of rotatable bonds is 40. The van der Waals surface area contributed by atoms with E-state index in [-0.39, 0.29) is 19.4 Å². The number of hydrogen-bond donors (Lipinski definition) is 3. The van der Waals surface area contributed by atoms with E-state index in [0.29, 0.717) is 19.3 Å². The van der Waals surface area contributed by atoms with Gasteiger partial charge in [-0.15, -0.1) is 0 Å². The van der Waals surface area contributed by atoms with E-state index >= 15 is 0 Å². The minimum atomic E-state index is -4.63. The van der Waals surface area contributed by atoms with Crippen molar-refractivity contribution in [3.05, 3.63) is 60.8 Å². The maximum Gasteiger partial charge on any atom is 0.472 e. The van der Waals surface area contributed by atoms with Crippen LogP contribution in [0.5, 0.6) is 0 Å². The van der Waals surface area contributed by atoms with E-state index in [4.69, 9.17) is 19.1 Å². The molecule has 0 saturated heterocycles. The zero-order valence-electron chi connectivity index (χ0n) is 35.1. The van der Waals surface area contributed by atoms with Crippen LogP contribution in [0.3, 0.4) is 0 Å². The first-order valence-electron chi connectivity index (χ1n) is 21.7. The molecule has 0 aliphatic rings. The van der Waals surface area contributed by atoms with Crippen molar-refractivity contribution >= 4 is 19.8 Å². The fraction of sp³-hybridized carbons (Fsp3) is 0.733. The molecule has 11 heteroatoms. The summed E-state index contributed by atoms with van der Waals surface area (Å²) in [5, 5.41) is 18.3. The monoisotopic (exact) mass is 811 g/mol. The summed E-state index contributed by atoms with van der Waals surface area (Å²) in [6, 6.07) is 0. The number of carbonyl (C=O) groups excluding carboxylic acids is 2. The fourth-order valence-corrected chi connectivity index (χ4v) is 6.41. The molecule has 0 aromatic rings. The molecule has 0 bridgehead atoms. The molecule has 56 heavy (non-hydrogen) atoms. The molecule has 0 amide bonds. The molecule has 0 heterocycles. The molecule has 0 aromatic carbocycles. The van der Waals surface area contributed by atoms with Crippen LogP contribution in [0.2, 0.25) is 0 Å². The maximum absolute atomic E-state index is 12.6. The van der Waals surface area contributed by atoms with Crippen LogP contribution in [-0.4, -0.2) is 65.7 Å². The summed E-state index contributed by atoms with van der Waals surface area (Å²) >= 11 is 0. The zero-order valence-corrected chi connectivity index (χ0v) is 36.0. The third-order valence-electron chi connectivity index (χ3n) is 8.94. The molecule has 3 N–H and O–H groups in total. The van der Waals surface area contributed by atoms with Crippen molar-refractivity contribution in [1.82, 2.24) is 0 Å². The Bertz CT molecular complexity index is 1120. The number of unbranched alkanes of at least 4 members (excludes halogenated alkanes) is 16. The predicted octanol–water partition coefficient (Wildman–Crippen LogP) is 11.5. The summed E-state index contributed by atoms with van der Waals surface area (Å²) in [5.41, 5.74) is 0. The van der Waals surface area contributed by atoms with Crippen LogP contribution in [0.4, 0.5) is 0 Å². The average molecular weight is 811 g/mol. The number of esters is 2. The normalized spacial score (nSPS) is 14.4. The van der Waals surface area contributed by atoms with E-state index in [1.807, 2.05) is 12.2 Å². The van der Waals surface area contributed by atoms with Crippen molar-refractivity contribution in [2.24, 2.45) is 0 Å². The molecular formula is C45H79O10P. The van der Waals surface area contributed by atoms with Crippen LogP contribution in [0.25, 0.3) is 0 Å². The predicted molar refractivity (Wildman–Crippen MR) is 228 cm³/mol. The average Bonchev–Trinajstić information content (AvgIpc) is 3.19. The summed E-state index contributed by atoms with van der Waals surface area (Å²) in [6.45, 7) is 2.20. The van der Waals surface area contributed by atoms with Crippen molar-refractivity contribution in [2.45, 2.75) is 187 Å². The van der Waals surface area contributed by atoms with Gasteiger partial charge in [0.2, 0.25) is 0 Å². The first-order valence-corrected chi connectivity index (χ1v) is 23.2. The second-order valence-corrected chi connectivity index (χ2v) is 15.8. The van der Waals surface area contributed by atoms with E-state index < -0.39 is 51.8 Å². The molecule has 0 aliphatic carbocycles. The molecule has 324 valence electrons. The van der Waals surface area contributed by atoms with Gasteiger partial charge in [-0.05, 0) is 51.4 Å². The lowest BCUT2D eigenvalue weighted by Gasteiger charge is -2.20. The number of ether oxygens (including phenoxy) is 2. The van der Waals surface area contributed by atoms with E-state index in [9.17, 15) is 24.2 Å². The highest BCUT2D eigenvalue weighted by Gasteiger charge is 2.27. The van der Waals surface area contributed by atoms with Crippen LogP contribution in [0.1, 0.15) is 174 Å². The molecule has 1 unspecified atom stereocenters. The Kier molecular flexibility index (Phi) is 39.2. The van der Waals surface area contributed by atoms with E-state index in [1.54, 1.807) is 0 Å². The van der Waals surface area contributed by atoms with Gasteiger partial charge in [-0.1, -0.05) is 171 Å². The Labute approximate surface area is 340 Å². The lowest BCUT2D eigenvalue weighted by Crippen LogP contribution is -2.29. The Morgan fingerprint density at radius 1 is 0.554 bits per heavy atom. The van der Waals surface area contributed by atoms with Gasteiger partial charge < -0.3 is 24.6 Å². The van der Waals surface area contributed by atoms with E-state index in [0.717, 1.165) is 51.4 Å². The van der Waals surface area contributed by atoms with Crippen LogP contribution in [0.15, 0.2) is 60.8 Å². The Hall–Kier alpha value is -2.33. The van der Waals surface area contributed by atoms with Crippen LogP contribution < -0.4 is 0 Å². The lowest BCUT2D eigenvalue weighted by atomic mass is 10.0. The van der Waals surface area contributed by atoms with E-state index in [1.165, 1.54) is 77.0 Å². The van der Waals surface area contributed by atoms with Crippen molar-refractivity contribution in [3.63, 3.8) is 0 Å². The number of phosphoric ester groups is 1. The van der Waals surface area contributed by atoms with Gasteiger partial charge in [0.25, 0.3) is 0 Å². The molecule has 0 aromatic heterocycles. The number of aliphatic hydroxyl groups is 2. The molecule has 0 fully saturated rings. The van der Waals surface area contributed by atoms with Crippen molar-refractivity contribution in [3.8, 4) is 0 Å². The maximum atomic E-state index is 12.6. The van der Waals surface area contributed by atoms with Gasteiger partial charge in [-0.25, -0.2) is 4.57 Å². The van der Waals surface area contributed by atoms with Crippen molar-refractivity contribution in [2.75, 3.05) is 26.4 Å². The van der Waals surface area contributed by atoms with Crippen molar-refractivity contribution < 1.29 is 47.8 Å². The number of hydrogen-bond acceptors (Lipinski definition) is 9. The smallest absolute Gasteiger partial charge is 0.462 e. The SMILES string of the molecule is CC/C=C/C/C=C/C/C=C/C/C=C/C/C=C/CCCC(=O)O[C@H](COC(=O)CCCCCCCCCCCCCCCCCC)COP(=O)(O)OC[C@@H](O)CO. The highest BCUT2D eigenvalue weighted by atomic mass is 31.2. The summed E-state index contributed by atoms with van der Waals surface area (Å²) in [4.78, 5) is 35.0. The number of allylic oxidation sites excluding steroid dienone is 10. The van der Waals surface area contributed by atoms with Gasteiger partial charge in [0.05, 0.1) is 19.8 Å². The highest BCUT2D eigenvalue weighted by molar-refractivity contribution is 7.47. The standard InChI is InChI=1S/C45H79O10P/c1-3-5-7-9-11-13-15-17-19-21-23-25-27-29-31-33-35-37-45(49)55-43(41-54-56(50,51)53-39-42(47)38-46)40-52-44(48)36-34-32-30-28-26-24-22-20-18-16-14-12-10-8-6-4-2/h5,7,11,13,17,19,23,25,29,31,42-43,46-47H,3-4,6,8-10,12,14-16,18,20-22,24,26-28,30,32-41H2,1-2H3,(H,50,51)/b7-5+,13-11+,19-17+,25-23+,31-29+/t42-,43+/m0/s1. The van der Waals surface area contributed by atoms with Gasteiger partial charge in [-0.2, -0.15) is 0 Å². The third kappa shape index (κ3) is 39.9. The van der Waals surface area contributed by atoms with Gasteiger partial charge in [0, 0.05) is 12.8 Å². The first-order chi connectivity index (χ1) is 27.2. The third-order valence-corrected chi connectivity index (χ3v) is 9.89. The Balaban J connectivity index is 4.38. The fourth-order valence-electron chi connectivity index (χ4n) is 5.62. The molecule has 0 rings (SSSR count). The van der Waals surface area contributed by atoms with E-state index in [2.05, 4.69) is 67.0 Å². The summed E-state index contributed by atoms with van der Waals surface area (Å²) in [6.07, 6.45) is 44.8. The molecule has 0 radical (unpaired) electrons. The quantitative estimate of drug-likeness (QED) is 0.0236. The van der Waals surface area contributed by atoms with Crippen LogP contribution >= 0.6 is 7.82 Å². The molecule has 0 aliphatic heterocycles. The molecule has 10 nitrogen and oxygen atoms in total. The highest BCUT2D eigenvalue weighted by Crippen LogP contribution is 2.43. The second kappa shape index (κ2) is 40.9. The van der Waals surface area contributed by atoms with Crippen molar-refractivity contribution in [1.29, 1.82) is 0 Å². The van der Waals surface area contributed by atoms with Crippen LogP contribution in [-0.2, 0) is 32.7 Å². The minimum Gasteiger partial charge on any atom is -0.462 e. The topological polar surface area (TPSA) is 149 Å². The first kappa shape index (κ1) is 53.7. The summed E-state index contributed by atoms with van der Waals surface area (Å²) in [5.74, 6) is -0.992. The molecule has 0 spiro atoms. The number of carbonyl (C=O) groups is 2. The number of phosphoric acid groups is 1. The molecule has 3 atom stereocenters. The zero-order chi connectivity index (χ0) is 41.2. The molecular weight excluding hydrogens is 731 g/mol. The minimum absolute atomic E-state index is 0.105. The van der Waals surface area contributed by atoms with Crippen LogP contribution in [0, 0.1) is 0 Å². The Morgan fingerprint density at radius 2 is 0.982 bits per heavy atom. The van der Waals surface area contributed by atoms with Gasteiger partial charge in [-0.3, -0.25) is 18.6 Å². The lowest BCUT2D eigenvalue weighted by molar-refractivity contribution is -0.161. The largest absolute Gasteiger partial charge is 0.472 e. The summed E-state index contributed by atoms with van der Waals surface area (Å²) < 4.78 is 32.6. The van der Waals surface area contributed by atoms with Gasteiger partial charge in [0.1, 0.15) is 12.7 Å².